The van der Waals surface area contributed by atoms with E-state index >= 15 is 0 Å². The van der Waals surface area contributed by atoms with Crippen molar-refractivity contribution in [2.45, 2.75) is 85.4 Å². The van der Waals surface area contributed by atoms with E-state index in [2.05, 4.69) is 98.3 Å². The van der Waals surface area contributed by atoms with Gasteiger partial charge in [0.25, 0.3) is 0 Å². The summed E-state index contributed by atoms with van der Waals surface area (Å²) in [7, 11) is -4.31. The van der Waals surface area contributed by atoms with Gasteiger partial charge >= 0.3 is 0 Å². The summed E-state index contributed by atoms with van der Waals surface area (Å²) >= 11 is 0. The largest absolute Gasteiger partial charge is 0.489 e. The fourth-order valence-corrected chi connectivity index (χ4v) is 13.9. The van der Waals surface area contributed by atoms with Crippen LogP contribution in [0.5, 0.6) is 5.75 Å². The number of hydrogen-bond acceptors (Lipinski definition) is 1. The Hall–Kier alpha value is -1.11. The molecule has 0 atom stereocenters. The van der Waals surface area contributed by atoms with Crippen LogP contribution in [0.15, 0.2) is 41.3 Å². The topological polar surface area (TPSA) is 9.23 Å². The first-order valence-electron chi connectivity index (χ1n) is 11.5. The zero-order chi connectivity index (χ0) is 23.1. The Morgan fingerprint density at radius 2 is 1.73 bits per heavy atom. The van der Waals surface area contributed by atoms with E-state index in [9.17, 15) is 0 Å². The Labute approximate surface area is 190 Å². The van der Waals surface area contributed by atoms with Gasteiger partial charge in [-0.3, -0.25) is 0 Å². The molecule has 30 heavy (non-hydrogen) atoms. The lowest BCUT2D eigenvalue weighted by Gasteiger charge is -2.36. The lowest BCUT2D eigenvalue weighted by molar-refractivity contribution is 0.354. The smallest absolute Gasteiger partial charge is 0.123 e. The molecule has 1 aromatic rings. The standard InChI is InChI=1S/C26H44OSi3/c1-13-17-27-24-22(18-19(2)25(28(6)7)23(24)26(3,4)5)30(11,12)21-16-14-15-20(21)29(8,9)10/h13-15,18,28H,1,16-17H2,2-12H3. The molecule has 0 aromatic heterocycles. The van der Waals surface area contributed by atoms with E-state index < -0.39 is 24.9 Å². The number of allylic oxidation sites excluding steroid dienone is 4. The molecule has 1 aromatic carbocycles. The first kappa shape index (κ1) is 25.2. The molecule has 1 aliphatic rings. The summed E-state index contributed by atoms with van der Waals surface area (Å²) in [6.45, 7) is 31.3. The van der Waals surface area contributed by atoms with Gasteiger partial charge in [0.1, 0.15) is 20.4 Å². The van der Waals surface area contributed by atoms with Crippen LogP contribution in [0.3, 0.4) is 0 Å². The Morgan fingerprint density at radius 3 is 2.20 bits per heavy atom. The van der Waals surface area contributed by atoms with Crippen molar-refractivity contribution >= 4 is 35.3 Å². The van der Waals surface area contributed by atoms with Crippen LogP contribution < -0.4 is 15.1 Å². The molecule has 4 heteroatoms. The fourth-order valence-electron chi connectivity index (χ4n) is 5.02. The SMILES string of the molecule is C=CCOc1c([Si](C)(C)C2=C([Si](C)(C)C)C=CC2)cc(C)c([SiH](C)C)c1C(C)(C)C. The fraction of sp³-hybridized carbons (Fsp3) is 0.538. The molecule has 0 radical (unpaired) electrons. The van der Waals surface area contributed by atoms with Gasteiger partial charge in [-0.15, -0.1) is 0 Å². The Balaban J connectivity index is 2.92. The number of aryl methyl sites for hydroxylation is 1. The van der Waals surface area contributed by atoms with Gasteiger partial charge in [0, 0.05) is 0 Å². The molecule has 0 aliphatic heterocycles. The minimum Gasteiger partial charge on any atom is -0.489 e. The second-order valence-electron chi connectivity index (χ2n) is 11.7. The second-order valence-corrected chi connectivity index (χ2v) is 24.1. The van der Waals surface area contributed by atoms with Gasteiger partial charge in [-0.05, 0) is 29.5 Å². The van der Waals surface area contributed by atoms with E-state index in [4.69, 9.17) is 4.74 Å². The summed E-state index contributed by atoms with van der Waals surface area (Å²) in [5.74, 6) is 1.18. The molecule has 0 bridgehead atoms. The van der Waals surface area contributed by atoms with E-state index in [1.54, 1.807) is 15.6 Å². The zero-order valence-electron chi connectivity index (χ0n) is 21.4. The lowest BCUT2D eigenvalue weighted by atomic mass is 9.85. The maximum atomic E-state index is 6.56. The van der Waals surface area contributed by atoms with Crippen LogP contribution in [0.25, 0.3) is 0 Å². The number of benzene rings is 1. The molecule has 166 valence electrons. The van der Waals surface area contributed by atoms with Crippen LogP contribution in [0, 0.1) is 6.92 Å². The van der Waals surface area contributed by atoms with Crippen LogP contribution in [-0.2, 0) is 5.41 Å². The average molecular weight is 457 g/mol. The van der Waals surface area contributed by atoms with Crippen molar-refractivity contribution in [3.63, 3.8) is 0 Å². The van der Waals surface area contributed by atoms with Crippen molar-refractivity contribution in [3.05, 3.63) is 52.4 Å². The van der Waals surface area contributed by atoms with Crippen molar-refractivity contribution in [2.75, 3.05) is 6.61 Å². The Morgan fingerprint density at radius 1 is 1.13 bits per heavy atom. The van der Waals surface area contributed by atoms with Crippen molar-refractivity contribution in [1.82, 2.24) is 0 Å². The predicted molar refractivity (Wildman–Crippen MR) is 145 cm³/mol. The minimum absolute atomic E-state index is 0.0538. The summed E-state index contributed by atoms with van der Waals surface area (Å²) in [6.07, 6.45) is 7.84. The molecule has 0 spiro atoms. The average Bonchev–Trinajstić information content (AvgIpc) is 3.09. The predicted octanol–water partition coefficient (Wildman–Crippen LogP) is 6.14. The van der Waals surface area contributed by atoms with Crippen LogP contribution >= 0.6 is 0 Å². The lowest BCUT2D eigenvalue weighted by Crippen LogP contribution is -2.49. The van der Waals surface area contributed by atoms with E-state index in [0.717, 1.165) is 6.42 Å². The number of ether oxygens (including phenoxy) is 1. The molecular formula is C26H44OSi3. The van der Waals surface area contributed by atoms with Gasteiger partial charge in [-0.2, -0.15) is 0 Å². The molecule has 0 unspecified atom stereocenters. The summed E-state index contributed by atoms with van der Waals surface area (Å²) in [5.41, 5.74) is 2.99. The molecule has 1 nitrogen and oxygen atoms in total. The second kappa shape index (κ2) is 8.79. The van der Waals surface area contributed by atoms with Crippen molar-refractivity contribution in [1.29, 1.82) is 0 Å². The molecule has 0 amide bonds. The van der Waals surface area contributed by atoms with Crippen molar-refractivity contribution < 1.29 is 4.74 Å². The molecule has 0 N–H and O–H groups in total. The van der Waals surface area contributed by atoms with Crippen LogP contribution in [0.1, 0.15) is 38.3 Å². The van der Waals surface area contributed by atoms with Gasteiger partial charge in [-0.25, -0.2) is 0 Å². The van der Waals surface area contributed by atoms with E-state index in [0.29, 0.717) is 6.61 Å². The molecule has 0 saturated carbocycles. The summed E-state index contributed by atoms with van der Waals surface area (Å²) in [5, 5.41) is 6.48. The van der Waals surface area contributed by atoms with E-state index in [1.807, 2.05) is 6.08 Å². The van der Waals surface area contributed by atoms with Crippen LogP contribution in [-0.4, -0.2) is 31.6 Å². The first-order valence-corrected chi connectivity index (χ1v) is 20.9. The molecular weight excluding hydrogens is 413 g/mol. The van der Waals surface area contributed by atoms with E-state index in [-0.39, 0.29) is 5.41 Å². The maximum Gasteiger partial charge on any atom is 0.123 e. The third kappa shape index (κ3) is 4.86. The van der Waals surface area contributed by atoms with Gasteiger partial charge < -0.3 is 4.74 Å². The Bertz CT molecular complexity index is 875. The third-order valence-corrected chi connectivity index (χ3v) is 14.3. The quantitative estimate of drug-likeness (QED) is 0.354. The highest BCUT2D eigenvalue weighted by Crippen LogP contribution is 2.38. The third-order valence-electron chi connectivity index (χ3n) is 6.37. The summed E-state index contributed by atoms with van der Waals surface area (Å²) < 4.78 is 6.56. The molecule has 0 fully saturated rings. The highest BCUT2D eigenvalue weighted by Gasteiger charge is 2.39. The molecule has 1 aliphatic carbocycles. The van der Waals surface area contributed by atoms with Crippen molar-refractivity contribution in [2.24, 2.45) is 0 Å². The van der Waals surface area contributed by atoms with Crippen molar-refractivity contribution in [3.8, 4) is 5.75 Å². The monoisotopic (exact) mass is 456 g/mol. The zero-order valence-corrected chi connectivity index (χ0v) is 24.6. The minimum atomic E-state index is -1.91. The van der Waals surface area contributed by atoms with Crippen LogP contribution in [0.2, 0.25) is 45.8 Å². The first-order chi connectivity index (χ1) is 13.6. The summed E-state index contributed by atoms with van der Waals surface area (Å²) in [6, 6.07) is 2.51. The van der Waals surface area contributed by atoms with Gasteiger partial charge in [-0.1, -0.05) is 119 Å². The highest BCUT2D eigenvalue weighted by molar-refractivity contribution is 6.98. The molecule has 0 heterocycles. The number of rotatable bonds is 7. The van der Waals surface area contributed by atoms with E-state index in [1.165, 1.54) is 22.1 Å². The highest BCUT2D eigenvalue weighted by atomic mass is 28.3. The molecule has 0 saturated heterocycles. The van der Waals surface area contributed by atoms with Crippen LogP contribution in [0.4, 0.5) is 0 Å². The van der Waals surface area contributed by atoms with Gasteiger partial charge in [0.05, 0.1) is 16.9 Å². The normalized spacial score (nSPS) is 15.3. The van der Waals surface area contributed by atoms with Gasteiger partial charge in [0.2, 0.25) is 0 Å². The Kier molecular flexibility index (Phi) is 7.37. The maximum absolute atomic E-state index is 6.56. The molecule has 2 rings (SSSR count). The number of hydrogen-bond donors (Lipinski definition) is 0. The van der Waals surface area contributed by atoms with Gasteiger partial charge in [0.15, 0.2) is 0 Å². The summed E-state index contributed by atoms with van der Waals surface area (Å²) in [4.78, 5) is 0.